The van der Waals surface area contributed by atoms with Crippen molar-refractivity contribution in [2.75, 3.05) is 15.8 Å². The number of amides is 1. The van der Waals surface area contributed by atoms with Crippen LogP contribution in [0.5, 0.6) is 0 Å². The van der Waals surface area contributed by atoms with Crippen molar-refractivity contribution < 1.29 is 18.0 Å². The van der Waals surface area contributed by atoms with E-state index in [4.69, 9.17) is 4.99 Å². The summed E-state index contributed by atoms with van der Waals surface area (Å²) in [6.07, 6.45) is 6.30. The lowest BCUT2D eigenvalue weighted by Gasteiger charge is -2.35. The molecule has 0 bridgehead atoms. The van der Waals surface area contributed by atoms with E-state index in [9.17, 15) is 23.3 Å². The highest BCUT2D eigenvalue weighted by Gasteiger charge is 2.41. The number of carbonyl (C=O) groups excluding carboxylic acids is 2. The van der Waals surface area contributed by atoms with Gasteiger partial charge in [-0.2, -0.15) is 5.26 Å². The van der Waals surface area contributed by atoms with E-state index >= 15 is 0 Å². The van der Waals surface area contributed by atoms with Crippen molar-refractivity contribution >= 4 is 54.7 Å². The third-order valence-corrected chi connectivity index (χ3v) is 9.28. The molecule has 0 spiro atoms. The van der Waals surface area contributed by atoms with Crippen molar-refractivity contribution in [1.29, 1.82) is 5.26 Å². The van der Waals surface area contributed by atoms with Crippen LogP contribution in [-0.4, -0.2) is 36.6 Å². The number of Topliss-reactive ketones (excluding diaryl/α,β-unsaturated/α-hetero) is 1. The summed E-state index contributed by atoms with van der Waals surface area (Å²) < 4.78 is 28.8. The molecule has 0 radical (unpaired) electrons. The molecule has 0 fully saturated rings. The molecule has 9 nitrogen and oxygen atoms in total. The van der Waals surface area contributed by atoms with E-state index < -0.39 is 27.8 Å². The fourth-order valence-electron chi connectivity index (χ4n) is 5.46. The highest BCUT2D eigenvalue weighted by atomic mass is 79.9. The second kappa shape index (κ2) is 12.4. The first-order valence-corrected chi connectivity index (χ1v) is 15.8. The van der Waals surface area contributed by atoms with Gasteiger partial charge in [-0.05, 0) is 77.9 Å². The summed E-state index contributed by atoms with van der Waals surface area (Å²) in [6, 6.07) is 8.90. The summed E-state index contributed by atoms with van der Waals surface area (Å²) in [5, 5.41) is 12.9. The van der Waals surface area contributed by atoms with E-state index in [1.807, 2.05) is 0 Å². The van der Waals surface area contributed by atoms with Gasteiger partial charge in [-0.25, -0.2) is 8.42 Å². The summed E-state index contributed by atoms with van der Waals surface area (Å²) in [4.78, 5) is 35.2. The van der Waals surface area contributed by atoms with Crippen LogP contribution in [0.15, 0.2) is 57.4 Å². The van der Waals surface area contributed by atoms with Crippen molar-refractivity contribution in [2.24, 2.45) is 16.8 Å². The Hall–Kier alpha value is -3.36. The Bertz CT molecular complexity index is 1530. The number of benzene rings is 1. The lowest BCUT2D eigenvalue weighted by atomic mass is 9.70. The third kappa shape index (κ3) is 6.34. The Morgan fingerprint density at radius 3 is 2.65 bits per heavy atom. The number of sulfonamides is 1. The van der Waals surface area contributed by atoms with Gasteiger partial charge in [0.25, 0.3) is 5.91 Å². The van der Waals surface area contributed by atoms with Gasteiger partial charge in [0, 0.05) is 46.2 Å². The Morgan fingerprint density at radius 1 is 1.23 bits per heavy atom. The Balaban J connectivity index is 1.84. The number of carbonyl (C=O) groups is 2. The Morgan fingerprint density at radius 2 is 2.00 bits per heavy atom. The topological polar surface area (TPSA) is 141 Å². The number of hydrogen-bond donors (Lipinski definition) is 2. The van der Waals surface area contributed by atoms with Crippen LogP contribution >= 0.6 is 15.9 Å². The summed E-state index contributed by atoms with van der Waals surface area (Å²) in [5.74, 6) is -1.73. The standard InChI is InChI=1S/C29H32BrN5O4S/c1-4-7-18-11-23-27(25(36)12-18)26(21(15-31)17(3)33-23)20-13-22(30)28(24(14-20)35-40(38,39)10-5-2)34-29(37)19-8-6-9-32-16-19/h6,8-9,13-14,16,18,21,26,35H,4-5,7,10-12H2,1-3H3,(H,34,37). The van der Waals surface area contributed by atoms with Gasteiger partial charge >= 0.3 is 0 Å². The number of hydrogen-bond acceptors (Lipinski definition) is 7. The van der Waals surface area contributed by atoms with Gasteiger partial charge in [-0.3, -0.25) is 24.3 Å². The van der Waals surface area contributed by atoms with E-state index in [0.29, 0.717) is 51.8 Å². The maximum absolute atomic E-state index is 13.5. The second-order valence-electron chi connectivity index (χ2n) is 10.2. The second-order valence-corrected chi connectivity index (χ2v) is 12.9. The molecule has 0 saturated carbocycles. The molecule has 11 heteroatoms. The number of anilines is 2. The number of rotatable bonds is 9. The molecule has 1 aliphatic heterocycles. The molecule has 1 aromatic carbocycles. The van der Waals surface area contributed by atoms with Crippen LogP contribution in [0.2, 0.25) is 0 Å². The highest BCUT2D eigenvalue weighted by Crippen LogP contribution is 2.47. The third-order valence-electron chi connectivity index (χ3n) is 7.18. The molecular formula is C29H32BrN5O4S. The Kier molecular flexibility index (Phi) is 9.21. The molecule has 0 saturated heterocycles. The monoisotopic (exact) mass is 625 g/mol. The van der Waals surface area contributed by atoms with Crippen molar-refractivity contribution in [3.05, 3.63) is 63.5 Å². The Labute approximate surface area is 243 Å². The molecule has 1 aliphatic carbocycles. The SMILES string of the molecule is CCCC1CC(=O)C2=C(C1)N=C(C)C(C#N)C2c1cc(Br)c(NC(=O)c2cccnc2)c(NS(=O)(=O)CCC)c1. The maximum Gasteiger partial charge on any atom is 0.257 e. The predicted octanol–water partition coefficient (Wildman–Crippen LogP) is 5.98. The molecule has 3 unspecified atom stereocenters. The minimum Gasteiger partial charge on any atom is -0.319 e. The molecule has 1 amide bonds. The number of allylic oxidation sites excluding steroid dienone is 2. The minimum atomic E-state index is -3.75. The molecule has 4 rings (SSSR count). The molecule has 40 heavy (non-hydrogen) atoms. The molecule has 2 N–H and O–H groups in total. The van der Waals surface area contributed by atoms with Crippen LogP contribution in [0.25, 0.3) is 0 Å². The average molecular weight is 627 g/mol. The number of aliphatic imine (C=N–C) groups is 1. The molecule has 2 aromatic rings. The summed E-state index contributed by atoms with van der Waals surface area (Å²) >= 11 is 3.52. The van der Waals surface area contributed by atoms with Crippen LogP contribution in [0.4, 0.5) is 11.4 Å². The molecule has 210 valence electrons. The smallest absolute Gasteiger partial charge is 0.257 e. The fourth-order valence-corrected chi connectivity index (χ4v) is 7.17. The largest absolute Gasteiger partial charge is 0.319 e. The minimum absolute atomic E-state index is 0.0283. The van der Waals surface area contributed by atoms with Gasteiger partial charge in [0.05, 0.1) is 34.7 Å². The van der Waals surface area contributed by atoms with E-state index in [2.05, 4.69) is 43.9 Å². The van der Waals surface area contributed by atoms with Gasteiger partial charge in [-0.15, -0.1) is 0 Å². The van der Waals surface area contributed by atoms with E-state index in [-0.39, 0.29) is 28.8 Å². The number of nitrogens with one attached hydrogen (secondary N) is 2. The normalized spacial score (nSPS) is 20.8. The van der Waals surface area contributed by atoms with Crippen LogP contribution < -0.4 is 10.0 Å². The number of aromatic nitrogens is 1. The predicted molar refractivity (Wildman–Crippen MR) is 159 cm³/mol. The van der Waals surface area contributed by atoms with Crippen LogP contribution in [-0.2, 0) is 14.8 Å². The van der Waals surface area contributed by atoms with Gasteiger partial charge in [0.1, 0.15) is 0 Å². The van der Waals surface area contributed by atoms with Crippen molar-refractivity contribution in [3.63, 3.8) is 0 Å². The lowest BCUT2D eigenvalue weighted by Crippen LogP contribution is -2.33. The van der Waals surface area contributed by atoms with Crippen LogP contribution in [0, 0.1) is 23.2 Å². The summed E-state index contributed by atoms with van der Waals surface area (Å²) in [7, 11) is -3.75. The van der Waals surface area contributed by atoms with Gasteiger partial charge in [-0.1, -0.05) is 20.3 Å². The molecular weight excluding hydrogens is 594 g/mol. The highest BCUT2D eigenvalue weighted by molar-refractivity contribution is 9.10. The fraction of sp³-hybridized carbons (Fsp3) is 0.414. The van der Waals surface area contributed by atoms with E-state index in [1.54, 1.807) is 44.3 Å². The average Bonchev–Trinajstić information content (AvgIpc) is 2.90. The van der Waals surface area contributed by atoms with E-state index in [1.165, 1.54) is 6.20 Å². The van der Waals surface area contributed by atoms with Crippen molar-refractivity contribution in [2.45, 2.75) is 58.8 Å². The lowest BCUT2D eigenvalue weighted by molar-refractivity contribution is -0.117. The summed E-state index contributed by atoms with van der Waals surface area (Å²) in [6.45, 7) is 5.64. The number of nitriles is 1. The number of nitrogens with zero attached hydrogens (tertiary/aromatic N) is 3. The van der Waals surface area contributed by atoms with Crippen LogP contribution in [0.3, 0.4) is 0 Å². The number of ketones is 1. The van der Waals surface area contributed by atoms with Crippen molar-refractivity contribution in [1.82, 2.24) is 4.98 Å². The molecule has 1 aromatic heterocycles. The first-order valence-electron chi connectivity index (χ1n) is 13.3. The van der Waals surface area contributed by atoms with Gasteiger partial charge in [0.2, 0.25) is 10.0 Å². The quantitative estimate of drug-likeness (QED) is 0.351. The van der Waals surface area contributed by atoms with Gasteiger partial charge < -0.3 is 5.32 Å². The zero-order valence-electron chi connectivity index (χ0n) is 22.7. The molecule has 2 heterocycles. The zero-order valence-corrected chi connectivity index (χ0v) is 25.1. The zero-order chi connectivity index (χ0) is 29.0. The first kappa shape index (κ1) is 29.6. The molecule has 3 atom stereocenters. The first-order chi connectivity index (χ1) is 19.1. The molecule has 2 aliphatic rings. The van der Waals surface area contributed by atoms with Crippen molar-refractivity contribution in [3.8, 4) is 6.07 Å². The number of halogens is 1. The number of pyridine rings is 1. The van der Waals surface area contributed by atoms with E-state index in [0.717, 1.165) is 12.8 Å². The van der Waals surface area contributed by atoms with Gasteiger partial charge in [0.15, 0.2) is 5.78 Å². The summed E-state index contributed by atoms with van der Waals surface area (Å²) in [5.41, 5.74) is 3.09. The maximum atomic E-state index is 13.5. The van der Waals surface area contributed by atoms with Crippen LogP contribution in [0.1, 0.15) is 74.7 Å².